The van der Waals surface area contributed by atoms with Gasteiger partial charge in [-0.25, -0.2) is 0 Å². The molecule has 0 saturated heterocycles. The van der Waals surface area contributed by atoms with E-state index in [1.165, 1.54) is 19.3 Å². The summed E-state index contributed by atoms with van der Waals surface area (Å²) < 4.78 is 0. The van der Waals surface area contributed by atoms with Crippen molar-refractivity contribution in [1.29, 1.82) is 0 Å². The second-order valence-electron chi connectivity index (χ2n) is 2.25. The van der Waals surface area contributed by atoms with Crippen molar-refractivity contribution >= 4 is 12.6 Å². The smallest absolute Gasteiger partial charge is 0.00696 e. The summed E-state index contributed by atoms with van der Waals surface area (Å²) in [6.07, 6.45) is 3.94. The molecule has 50 valence electrons. The molecule has 1 unspecified atom stereocenters. The van der Waals surface area contributed by atoms with Gasteiger partial charge in [0.1, 0.15) is 0 Å². The van der Waals surface area contributed by atoms with E-state index in [4.69, 9.17) is 0 Å². The maximum atomic E-state index is 4.23. The standard InChI is InChI=1S/C7H16S/c1-3-5-7(4-2)6-8/h7-8H,3-6H2,1-2H3. The zero-order valence-electron chi connectivity index (χ0n) is 5.85. The summed E-state index contributed by atoms with van der Waals surface area (Å²) in [7, 11) is 0. The molecule has 1 atom stereocenters. The summed E-state index contributed by atoms with van der Waals surface area (Å²) in [5.41, 5.74) is 0. The van der Waals surface area contributed by atoms with Gasteiger partial charge in [0, 0.05) is 0 Å². The minimum absolute atomic E-state index is 0.864. The van der Waals surface area contributed by atoms with Crippen LogP contribution in [0, 0.1) is 5.92 Å². The lowest BCUT2D eigenvalue weighted by Crippen LogP contribution is -1.98. The van der Waals surface area contributed by atoms with Crippen LogP contribution in [0.1, 0.15) is 33.1 Å². The van der Waals surface area contributed by atoms with E-state index in [0.717, 1.165) is 11.7 Å². The number of hydrogen-bond acceptors (Lipinski definition) is 1. The predicted octanol–water partition coefficient (Wildman–Crippen LogP) is 2.74. The van der Waals surface area contributed by atoms with Crippen molar-refractivity contribution in [2.45, 2.75) is 33.1 Å². The molecule has 0 radical (unpaired) electrons. The first-order valence-corrected chi connectivity index (χ1v) is 4.09. The highest BCUT2D eigenvalue weighted by atomic mass is 32.1. The van der Waals surface area contributed by atoms with Crippen molar-refractivity contribution < 1.29 is 0 Å². The molecular weight excluding hydrogens is 116 g/mol. The highest BCUT2D eigenvalue weighted by molar-refractivity contribution is 7.80. The largest absolute Gasteiger partial charge is 0.179 e. The van der Waals surface area contributed by atoms with Crippen LogP contribution < -0.4 is 0 Å². The van der Waals surface area contributed by atoms with Gasteiger partial charge in [-0.05, 0) is 18.1 Å². The van der Waals surface area contributed by atoms with Gasteiger partial charge in [-0.2, -0.15) is 12.6 Å². The van der Waals surface area contributed by atoms with E-state index in [2.05, 4.69) is 26.5 Å². The lowest BCUT2D eigenvalue weighted by Gasteiger charge is -2.07. The molecular formula is C7H16S. The fourth-order valence-corrected chi connectivity index (χ4v) is 1.27. The van der Waals surface area contributed by atoms with E-state index >= 15 is 0 Å². The van der Waals surface area contributed by atoms with Gasteiger partial charge in [0.25, 0.3) is 0 Å². The maximum Gasteiger partial charge on any atom is -0.00696 e. The Balaban J connectivity index is 3.07. The summed E-state index contributed by atoms with van der Waals surface area (Å²) in [5.74, 6) is 1.92. The molecule has 0 bridgehead atoms. The maximum absolute atomic E-state index is 4.23. The molecule has 0 aromatic carbocycles. The van der Waals surface area contributed by atoms with Gasteiger partial charge in [0.15, 0.2) is 0 Å². The first kappa shape index (κ1) is 8.35. The van der Waals surface area contributed by atoms with Crippen molar-refractivity contribution in [1.82, 2.24) is 0 Å². The van der Waals surface area contributed by atoms with E-state index in [-0.39, 0.29) is 0 Å². The van der Waals surface area contributed by atoms with Gasteiger partial charge >= 0.3 is 0 Å². The molecule has 0 aliphatic carbocycles. The first-order valence-electron chi connectivity index (χ1n) is 3.46. The second-order valence-corrected chi connectivity index (χ2v) is 2.61. The Hall–Kier alpha value is 0.350. The Labute approximate surface area is 58.1 Å². The molecule has 0 aliphatic heterocycles. The minimum atomic E-state index is 0.864. The summed E-state index contributed by atoms with van der Waals surface area (Å²) in [6, 6.07) is 0. The molecule has 0 saturated carbocycles. The van der Waals surface area contributed by atoms with Crippen LogP contribution in [-0.2, 0) is 0 Å². The van der Waals surface area contributed by atoms with Gasteiger partial charge in [0.05, 0.1) is 0 Å². The number of hydrogen-bond donors (Lipinski definition) is 1. The topological polar surface area (TPSA) is 0 Å². The zero-order chi connectivity index (χ0) is 6.41. The third kappa shape index (κ3) is 3.36. The summed E-state index contributed by atoms with van der Waals surface area (Å²) in [6.45, 7) is 4.46. The second kappa shape index (κ2) is 5.49. The SMILES string of the molecule is CCCC(CC)CS. The summed E-state index contributed by atoms with van der Waals surface area (Å²) in [5, 5.41) is 0. The van der Waals surface area contributed by atoms with Crippen LogP contribution in [0.4, 0.5) is 0 Å². The lowest BCUT2D eigenvalue weighted by atomic mass is 10.0. The van der Waals surface area contributed by atoms with Gasteiger partial charge in [-0.15, -0.1) is 0 Å². The van der Waals surface area contributed by atoms with Gasteiger partial charge in [0.2, 0.25) is 0 Å². The van der Waals surface area contributed by atoms with E-state index in [0.29, 0.717) is 0 Å². The molecule has 0 spiro atoms. The van der Waals surface area contributed by atoms with Gasteiger partial charge in [-0.3, -0.25) is 0 Å². The van der Waals surface area contributed by atoms with Gasteiger partial charge < -0.3 is 0 Å². The highest BCUT2D eigenvalue weighted by Gasteiger charge is 1.99. The van der Waals surface area contributed by atoms with E-state index in [1.807, 2.05) is 0 Å². The molecule has 0 aliphatic rings. The molecule has 0 amide bonds. The van der Waals surface area contributed by atoms with E-state index < -0.39 is 0 Å². The fraction of sp³-hybridized carbons (Fsp3) is 1.00. The van der Waals surface area contributed by atoms with Crippen LogP contribution in [0.15, 0.2) is 0 Å². The number of thiol groups is 1. The van der Waals surface area contributed by atoms with Crippen molar-refractivity contribution in [3.05, 3.63) is 0 Å². The monoisotopic (exact) mass is 132 g/mol. The normalized spacial score (nSPS) is 13.9. The third-order valence-corrected chi connectivity index (χ3v) is 2.05. The van der Waals surface area contributed by atoms with Crippen molar-refractivity contribution in [3.63, 3.8) is 0 Å². The average Bonchev–Trinajstić information content (AvgIpc) is 1.83. The fourth-order valence-electron chi connectivity index (χ4n) is 0.833. The van der Waals surface area contributed by atoms with Crippen LogP contribution in [0.25, 0.3) is 0 Å². The summed E-state index contributed by atoms with van der Waals surface area (Å²) in [4.78, 5) is 0. The molecule has 8 heavy (non-hydrogen) atoms. The van der Waals surface area contributed by atoms with E-state index in [9.17, 15) is 0 Å². The van der Waals surface area contributed by atoms with Crippen LogP contribution in [-0.4, -0.2) is 5.75 Å². The Bertz CT molecular complexity index is 39.7. The predicted molar refractivity (Wildman–Crippen MR) is 42.5 cm³/mol. The molecule has 0 fully saturated rings. The zero-order valence-corrected chi connectivity index (χ0v) is 6.75. The minimum Gasteiger partial charge on any atom is -0.179 e. The van der Waals surface area contributed by atoms with E-state index in [1.54, 1.807) is 0 Å². The molecule has 0 heterocycles. The molecule has 0 rings (SSSR count). The lowest BCUT2D eigenvalue weighted by molar-refractivity contribution is 0.519. The van der Waals surface area contributed by atoms with Crippen LogP contribution >= 0.6 is 12.6 Å². The Morgan fingerprint density at radius 1 is 1.38 bits per heavy atom. The van der Waals surface area contributed by atoms with Crippen molar-refractivity contribution in [2.24, 2.45) is 5.92 Å². The van der Waals surface area contributed by atoms with Gasteiger partial charge in [-0.1, -0.05) is 26.7 Å². The molecule has 0 aromatic heterocycles. The number of rotatable bonds is 4. The molecule has 1 heteroatoms. The molecule has 0 nitrogen and oxygen atoms in total. The third-order valence-electron chi connectivity index (χ3n) is 1.53. The van der Waals surface area contributed by atoms with Crippen LogP contribution in [0.5, 0.6) is 0 Å². The Morgan fingerprint density at radius 3 is 2.12 bits per heavy atom. The Morgan fingerprint density at radius 2 is 2.00 bits per heavy atom. The van der Waals surface area contributed by atoms with Crippen molar-refractivity contribution in [2.75, 3.05) is 5.75 Å². The Kier molecular flexibility index (Phi) is 5.73. The molecule has 0 N–H and O–H groups in total. The average molecular weight is 132 g/mol. The quantitative estimate of drug-likeness (QED) is 0.559. The summed E-state index contributed by atoms with van der Waals surface area (Å²) >= 11 is 4.23. The van der Waals surface area contributed by atoms with Crippen molar-refractivity contribution in [3.8, 4) is 0 Å². The molecule has 0 aromatic rings. The van der Waals surface area contributed by atoms with Crippen LogP contribution in [0.2, 0.25) is 0 Å². The highest BCUT2D eigenvalue weighted by Crippen LogP contribution is 2.10. The van der Waals surface area contributed by atoms with Crippen LogP contribution in [0.3, 0.4) is 0 Å². The first-order chi connectivity index (χ1) is 3.85.